The van der Waals surface area contributed by atoms with E-state index in [0.717, 1.165) is 30.6 Å². The summed E-state index contributed by atoms with van der Waals surface area (Å²) < 4.78 is 10.2. The van der Waals surface area contributed by atoms with Gasteiger partial charge in [0.2, 0.25) is 0 Å². The SMILES string of the molecule is O=C1OS2(C=CC3=C2CCCC3)OC1=O. The van der Waals surface area contributed by atoms with Gasteiger partial charge in [0.05, 0.1) is 4.91 Å². The first-order valence-corrected chi connectivity index (χ1v) is 6.47. The highest BCUT2D eigenvalue weighted by Gasteiger charge is 2.46. The van der Waals surface area contributed by atoms with Gasteiger partial charge in [-0.25, -0.2) is 9.59 Å². The van der Waals surface area contributed by atoms with Crippen LogP contribution in [0.15, 0.2) is 22.0 Å². The summed E-state index contributed by atoms with van der Waals surface area (Å²) in [6.07, 6.45) is 6.04. The Kier molecular flexibility index (Phi) is 1.74. The van der Waals surface area contributed by atoms with Crippen molar-refractivity contribution in [1.29, 1.82) is 0 Å². The van der Waals surface area contributed by atoms with E-state index in [0.29, 0.717) is 0 Å². The Morgan fingerprint density at radius 3 is 2.47 bits per heavy atom. The number of allylic oxidation sites excluding steroid dienone is 3. The monoisotopic (exact) mass is 226 g/mol. The molecule has 2 heterocycles. The van der Waals surface area contributed by atoms with E-state index in [2.05, 4.69) is 0 Å². The summed E-state index contributed by atoms with van der Waals surface area (Å²) in [6.45, 7) is 0. The van der Waals surface area contributed by atoms with Crippen molar-refractivity contribution in [3.05, 3.63) is 22.0 Å². The van der Waals surface area contributed by atoms with Crippen LogP contribution in [0.25, 0.3) is 0 Å². The molecule has 80 valence electrons. The molecule has 1 aliphatic carbocycles. The standard InChI is InChI=1S/C10H10O4S/c11-9-10(12)14-15(13-9)6-5-7-3-1-2-4-8(7)15/h5-6H,1-4H2. The highest BCUT2D eigenvalue weighted by molar-refractivity contribution is 8.32. The molecule has 0 atom stereocenters. The smallest absolute Gasteiger partial charge is 0.326 e. The largest absolute Gasteiger partial charge is 0.441 e. The van der Waals surface area contributed by atoms with Crippen LogP contribution in [0, 0.1) is 0 Å². The molecule has 0 aromatic carbocycles. The molecule has 0 unspecified atom stereocenters. The maximum absolute atomic E-state index is 11.1. The molecule has 0 N–H and O–H groups in total. The van der Waals surface area contributed by atoms with Gasteiger partial charge in [-0.2, -0.15) is 0 Å². The molecule has 0 saturated carbocycles. The Labute approximate surface area is 88.7 Å². The number of carbonyl (C=O) groups excluding carboxylic acids is 2. The molecule has 1 fully saturated rings. The van der Waals surface area contributed by atoms with Crippen molar-refractivity contribution in [3.8, 4) is 0 Å². The minimum Gasteiger partial charge on any atom is -0.326 e. The second-order valence-electron chi connectivity index (χ2n) is 3.74. The summed E-state index contributed by atoms with van der Waals surface area (Å²) in [6, 6.07) is 0. The van der Waals surface area contributed by atoms with Gasteiger partial charge in [0.25, 0.3) is 0 Å². The number of rotatable bonds is 0. The van der Waals surface area contributed by atoms with Crippen LogP contribution in [0.1, 0.15) is 25.7 Å². The summed E-state index contributed by atoms with van der Waals surface area (Å²) >= 11 is 0. The zero-order valence-electron chi connectivity index (χ0n) is 8.02. The topological polar surface area (TPSA) is 52.6 Å². The van der Waals surface area contributed by atoms with Gasteiger partial charge in [-0.05, 0) is 37.3 Å². The molecule has 0 bridgehead atoms. The van der Waals surface area contributed by atoms with Crippen LogP contribution in [-0.4, -0.2) is 11.9 Å². The molecule has 3 aliphatic rings. The van der Waals surface area contributed by atoms with Crippen LogP contribution in [0.2, 0.25) is 0 Å². The van der Waals surface area contributed by atoms with E-state index < -0.39 is 22.5 Å². The van der Waals surface area contributed by atoms with Gasteiger partial charge in [0, 0.05) is 5.41 Å². The van der Waals surface area contributed by atoms with Crippen LogP contribution in [0.4, 0.5) is 0 Å². The molecule has 15 heavy (non-hydrogen) atoms. The molecule has 0 aromatic rings. The van der Waals surface area contributed by atoms with Gasteiger partial charge in [-0.3, -0.25) is 0 Å². The predicted octanol–water partition coefficient (Wildman–Crippen LogP) is 2.08. The van der Waals surface area contributed by atoms with E-state index in [1.54, 1.807) is 5.41 Å². The Bertz CT molecular complexity index is 405. The van der Waals surface area contributed by atoms with Gasteiger partial charge in [-0.15, -0.1) is 0 Å². The average molecular weight is 226 g/mol. The Balaban J connectivity index is 2.02. The van der Waals surface area contributed by atoms with Gasteiger partial charge >= 0.3 is 11.9 Å². The Hall–Kier alpha value is -1.23. The van der Waals surface area contributed by atoms with Crippen LogP contribution >= 0.6 is 10.6 Å². The molecule has 5 heteroatoms. The van der Waals surface area contributed by atoms with Crippen LogP contribution < -0.4 is 0 Å². The molecule has 4 nitrogen and oxygen atoms in total. The van der Waals surface area contributed by atoms with E-state index in [4.69, 9.17) is 8.37 Å². The lowest BCUT2D eigenvalue weighted by atomic mass is 10.00. The summed E-state index contributed by atoms with van der Waals surface area (Å²) in [7, 11) is -2.13. The normalized spacial score (nSPS) is 29.1. The van der Waals surface area contributed by atoms with Crippen molar-refractivity contribution in [1.82, 2.24) is 0 Å². The first-order valence-electron chi connectivity index (χ1n) is 4.92. The first-order chi connectivity index (χ1) is 7.21. The summed E-state index contributed by atoms with van der Waals surface area (Å²) in [4.78, 5) is 23.2. The highest BCUT2D eigenvalue weighted by Crippen LogP contribution is 2.68. The zero-order valence-corrected chi connectivity index (χ0v) is 8.84. The van der Waals surface area contributed by atoms with Crippen molar-refractivity contribution < 1.29 is 18.0 Å². The predicted molar refractivity (Wildman–Crippen MR) is 54.4 cm³/mol. The summed E-state index contributed by atoms with van der Waals surface area (Å²) in [5.41, 5.74) is 1.19. The van der Waals surface area contributed by atoms with Crippen molar-refractivity contribution in [3.63, 3.8) is 0 Å². The van der Waals surface area contributed by atoms with Gasteiger partial charge in [0.1, 0.15) is 0 Å². The van der Waals surface area contributed by atoms with Gasteiger partial charge in [-0.1, -0.05) is 10.6 Å². The van der Waals surface area contributed by atoms with E-state index in [1.807, 2.05) is 6.08 Å². The third-order valence-electron chi connectivity index (χ3n) is 2.82. The molecule has 0 amide bonds. The third-order valence-corrected chi connectivity index (χ3v) is 5.26. The van der Waals surface area contributed by atoms with Crippen LogP contribution in [0.3, 0.4) is 0 Å². The number of fused-ring (bicyclic) bond motifs is 1. The maximum Gasteiger partial charge on any atom is 0.441 e. The zero-order chi connectivity index (χ0) is 10.5. The van der Waals surface area contributed by atoms with E-state index in [9.17, 15) is 9.59 Å². The maximum atomic E-state index is 11.1. The van der Waals surface area contributed by atoms with Gasteiger partial charge < -0.3 is 8.37 Å². The Morgan fingerprint density at radius 1 is 1.07 bits per heavy atom. The average Bonchev–Trinajstić information content (AvgIpc) is 2.72. The van der Waals surface area contributed by atoms with E-state index >= 15 is 0 Å². The van der Waals surface area contributed by atoms with Crippen LogP contribution in [-0.2, 0) is 18.0 Å². The van der Waals surface area contributed by atoms with Gasteiger partial charge in [0.15, 0.2) is 0 Å². The fourth-order valence-corrected chi connectivity index (χ4v) is 4.53. The van der Waals surface area contributed by atoms with E-state index in [1.165, 1.54) is 5.57 Å². The number of carbonyl (C=O) groups is 2. The molecule has 1 spiro atoms. The Morgan fingerprint density at radius 2 is 1.73 bits per heavy atom. The molecule has 2 aliphatic heterocycles. The first kappa shape index (κ1) is 9.03. The molecule has 1 saturated heterocycles. The summed E-state index contributed by atoms with van der Waals surface area (Å²) in [5.74, 6) is -1.71. The molecule has 3 rings (SSSR count). The quantitative estimate of drug-likeness (QED) is 0.593. The third kappa shape index (κ3) is 1.16. The molecular formula is C10H10O4S. The second kappa shape index (κ2) is 2.88. The lowest BCUT2D eigenvalue weighted by Crippen LogP contribution is -2.05. The lowest BCUT2D eigenvalue weighted by Gasteiger charge is -2.33. The summed E-state index contributed by atoms with van der Waals surface area (Å²) in [5, 5.41) is 1.76. The number of hydrogen-bond acceptors (Lipinski definition) is 4. The van der Waals surface area contributed by atoms with Crippen molar-refractivity contribution >= 4 is 22.5 Å². The van der Waals surface area contributed by atoms with Crippen LogP contribution in [0.5, 0.6) is 0 Å². The minimum atomic E-state index is -2.13. The van der Waals surface area contributed by atoms with Crippen molar-refractivity contribution in [2.45, 2.75) is 25.7 Å². The van der Waals surface area contributed by atoms with Crippen molar-refractivity contribution in [2.75, 3.05) is 0 Å². The molecular weight excluding hydrogens is 216 g/mol. The molecule has 0 radical (unpaired) electrons. The lowest BCUT2D eigenvalue weighted by molar-refractivity contribution is -0.150. The second-order valence-corrected chi connectivity index (χ2v) is 5.93. The fourth-order valence-electron chi connectivity index (χ4n) is 2.12. The molecule has 0 aromatic heterocycles. The highest BCUT2D eigenvalue weighted by atomic mass is 32.3. The van der Waals surface area contributed by atoms with Crippen molar-refractivity contribution in [2.24, 2.45) is 0 Å². The number of hydrogen-bond donors (Lipinski definition) is 0. The van der Waals surface area contributed by atoms with E-state index in [-0.39, 0.29) is 0 Å². The fraction of sp³-hybridized carbons (Fsp3) is 0.400. The minimum absolute atomic E-state index is 0.853.